The van der Waals surface area contributed by atoms with Gasteiger partial charge in [-0.05, 0) is 69.5 Å². The van der Waals surface area contributed by atoms with E-state index in [2.05, 4.69) is 4.98 Å². The fourth-order valence-electron chi connectivity index (χ4n) is 4.80. The third-order valence-corrected chi connectivity index (χ3v) is 6.46. The lowest BCUT2D eigenvalue weighted by atomic mass is 9.92. The SMILES string of the molecule is Cc1cc(C)c(-n2c(Cl)cn3c(CC(CCN)CC4CC4)c(C(F)(F)F)nc23)c(C)c1. The van der Waals surface area contributed by atoms with Gasteiger partial charge in [0.15, 0.2) is 5.69 Å². The second kappa shape index (κ2) is 8.17. The monoisotopic (exact) mass is 452 g/mol. The molecule has 1 unspecified atom stereocenters. The van der Waals surface area contributed by atoms with Gasteiger partial charge in [0.25, 0.3) is 0 Å². The number of benzene rings is 1. The van der Waals surface area contributed by atoms with Gasteiger partial charge in [0.1, 0.15) is 5.15 Å². The van der Waals surface area contributed by atoms with E-state index in [9.17, 15) is 13.2 Å². The summed E-state index contributed by atoms with van der Waals surface area (Å²) in [6, 6.07) is 3.99. The van der Waals surface area contributed by atoms with E-state index in [0.29, 0.717) is 24.0 Å². The Morgan fingerprint density at radius 3 is 2.39 bits per heavy atom. The molecule has 3 aromatic rings. The molecule has 2 aromatic heterocycles. The number of nitrogens with zero attached hydrogens (tertiary/aromatic N) is 3. The first-order valence-electron chi connectivity index (χ1n) is 10.7. The number of aromatic nitrogens is 3. The van der Waals surface area contributed by atoms with Crippen LogP contribution in [0.15, 0.2) is 18.3 Å². The van der Waals surface area contributed by atoms with E-state index in [1.165, 1.54) is 4.40 Å². The molecule has 31 heavy (non-hydrogen) atoms. The van der Waals surface area contributed by atoms with Crippen molar-refractivity contribution in [3.63, 3.8) is 0 Å². The van der Waals surface area contributed by atoms with E-state index in [0.717, 1.165) is 41.6 Å². The van der Waals surface area contributed by atoms with E-state index in [4.69, 9.17) is 17.3 Å². The summed E-state index contributed by atoms with van der Waals surface area (Å²) in [4.78, 5) is 4.08. The highest BCUT2D eigenvalue weighted by molar-refractivity contribution is 6.30. The second-order valence-corrected chi connectivity index (χ2v) is 9.32. The summed E-state index contributed by atoms with van der Waals surface area (Å²) in [7, 11) is 0. The number of alkyl halides is 3. The number of hydrogen-bond donors (Lipinski definition) is 1. The van der Waals surface area contributed by atoms with Crippen molar-refractivity contribution < 1.29 is 13.2 Å². The number of nitrogens with two attached hydrogens (primary N) is 1. The maximum Gasteiger partial charge on any atom is 0.435 e. The summed E-state index contributed by atoms with van der Waals surface area (Å²) in [5, 5.41) is 0.338. The van der Waals surface area contributed by atoms with Gasteiger partial charge in [-0.25, -0.2) is 4.98 Å². The Kier molecular flexibility index (Phi) is 5.85. The van der Waals surface area contributed by atoms with Crippen LogP contribution in [0.2, 0.25) is 5.15 Å². The van der Waals surface area contributed by atoms with Gasteiger partial charge in [0.2, 0.25) is 5.78 Å². The van der Waals surface area contributed by atoms with E-state index in [1.54, 1.807) is 10.8 Å². The molecule has 8 heteroatoms. The van der Waals surface area contributed by atoms with Crippen molar-refractivity contribution in [2.75, 3.05) is 6.54 Å². The van der Waals surface area contributed by atoms with E-state index < -0.39 is 11.9 Å². The number of aryl methyl sites for hydroxylation is 3. The Morgan fingerprint density at radius 2 is 1.84 bits per heavy atom. The largest absolute Gasteiger partial charge is 0.435 e. The highest BCUT2D eigenvalue weighted by Gasteiger charge is 2.40. The Labute approximate surface area is 185 Å². The lowest BCUT2D eigenvalue weighted by molar-refractivity contribution is -0.141. The van der Waals surface area contributed by atoms with Gasteiger partial charge in [-0.3, -0.25) is 8.97 Å². The Morgan fingerprint density at radius 1 is 1.19 bits per heavy atom. The molecule has 0 saturated heterocycles. The molecule has 1 aliphatic carbocycles. The molecule has 1 aliphatic rings. The van der Waals surface area contributed by atoms with Crippen molar-refractivity contribution in [2.45, 2.75) is 59.1 Å². The fourth-order valence-corrected chi connectivity index (χ4v) is 5.06. The quantitative estimate of drug-likeness (QED) is 0.475. The molecule has 1 aromatic carbocycles. The molecule has 0 amide bonds. The molecule has 1 fully saturated rings. The molecule has 0 bridgehead atoms. The molecule has 0 spiro atoms. The van der Waals surface area contributed by atoms with E-state index >= 15 is 0 Å². The summed E-state index contributed by atoms with van der Waals surface area (Å²) < 4.78 is 45.1. The number of imidazole rings is 2. The van der Waals surface area contributed by atoms with Crippen LogP contribution in [0.25, 0.3) is 11.5 Å². The third-order valence-electron chi connectivity index (χ3n) is 6.19. The van der Waals surface area contributed by atoms with Crippen molar-refractivity contribution in [2.24, 2.45) is 17.6 Å². The van der Waals surface area contributed by atoms with Gasteiger partial charge >= 0.3 is 6.18 Å². The van der Waals surface area contributed by atoms with Crippen molar-refractivity contribution in [1.82, 2.24) is 14.0 Å². The topological polar surface area (TPSA) is 48.2 Å². The normalized spacial score (nSPS) is 15.7. The van der Waals surface area contributed by atoms with Gasteiger partial charge in [0, 0.05) is 6.20 Å². The molecular formula is C23H28ClF3N4. The summed E-state index contributed by atoms with van der Waals surface area (Å²) >= 11 is 6.56. The van der Waals surface area contributed by atoms with Crippen LogP contribution in [0.3, 0.4) is 0 Å². The molecular weight excluding hydrogens is 425 g/mol. The number of rotatable bonds is 7. The minimum absolute atomic E-state index is 0.100. The molecule has 0 aliphatic heterocycles. The lowest BCUT2D eigenvalue weighted by Gasteiger charge is -2.16. The number of halogens is 4. The highest BCUT2D eigenvalue weighted by Crippen LogP contribution is 2.40. The summed E-state index contributed by atoms with van der Waals surface area (Å²) in [5.74, 6) is 0.907. The maximum absolute atomic E-state index is 14.0. The molecule has 4 nitrogen and oxygen atoms in total. The maximum atomic E-state index is 14.0. The first kappa shape index (κ1) is 22.2. The van der Waals surface area contributed by atoms with Gasteiger partial charge in [-0.2, -0.15) is 13.2 Å². The van der Waals surface area contributed by atoms with E-state index in [1.807, 2.05) is 32.9 Å². The Hall–Kier alpha value is -1.99. The zero-order chi connectivity index (χ0) is 22.5. The van der Waals surface area contributed by atoms with Crippen LogP contribution in [0.1, 0.15) is 53.8 Å². The Bertz CT molecular complexity index is 1090. The smallest absolute Gasteiger partial charge is 0.330 e. The van der Waals surface area contributed by atoms with Gasteiger partial charge in [-0.1, -0.05) is 42.1 Å². The standard InChI is InChI=1S/C23H28ClF3N4/c1-13-8-14(2)20(15(3)9-13)31-19(24)12-30-18(21(23(25,26)27)29-22(30)31)11-17(6-7-28)10-16-4-5-16/h8-9,12,16-17H,4-7,10-11,28H2,1-3H3. The highest BCUT2D eigenvalue weighted by atomic mass is 35.5. The molecule has 4 rings (SSSR count). The van der Waals surface area contributed by atoms with Crippen LogP contribution in [0.5, 0.6) is 0 Å². The molecule has 2 N–H and O–H groups in total. The van der Waals surface area contributed by atoms with E-state index in [-0.39, 0.29) is 23.8 Å². The van der Waals surface area contributed by atoms with Crippen LogP contribution in [0.4, 0.5) is 13.2 Å². The zero-order valence-corrected chi connectivity index (χ0v) is 18.8. The van der Waals surface area contributed by atoms with Crippen molar-refractivity contribution >= 4 is 17.4 Å². The number of hydrogen-bond acceptors (Lipinski definition) is 2. The first-order valence-corrected chi connectivity index (χ1v) is 11.1. The average molecular weight is 453 g/mol. The zero-order valence-electron chi connectivity index (χ0n) is 18.1. The molecule has 2 heterocycles. The summed E-state index contributed by atoms with van der Waals surface area (Å²) in [6.45, 7) is 6.32. The second-order valence-electron chi connectivity index (χ2n) is 8.94. The third kappa shape index (κ3) is 4.35. The fraction of sp³-hybridized carbons (Fsp3) is 0.522. The minimum atomic E-state index is -4.54. The van der Waals surface area contributed by atoms with Crippen LogP contribution in [-0.4, -0.2) is 20.5 Å². The minimum Gasteiger partial charge on any atom is -0.330 e. The lowest BCUT2D eigenvalue weighted by Crippen LogP contribution is -2.17. The van der Waals surface area contributed by atoms with Gasteiger partial charge in [-0.15, -0.1) is 0 Å². The predicted molar refractivity (Wildman–Crippen MR) is 117 cm³/mol. The van der Waals surface area contributed by atoms with Crippen molar-refractivity contribution in [3.05, 3.63) is 51.6 Å². The van der Waals surface area contributed by atoms with Crippen LogP contribution < -0.4 is 5.73 Å². The van der Waals surface area contributed by atoms with Gasteiger partial charge in [0.05, 0.1) is 11.4 Å². The molecule has 168 valence electrons. The first-order chi connectivity index (χ1) is 14.6. The van der Waals surface area contributed by atoms with Crippen LogP contribution >= 0.6 is 11.6 Å². The van der Waals surface area contributed by atoms with Crippen LogP contribution in [0, 0.1) is 32.6 Å². The summed E-state index contributed by atoms with van der Waals surface area (Å²) in [5.41, 5.74) is 8.84. The van der Waals surface area contributed by atoms with Gasteiger partial charge < -0.3 is 5.73 Å². The number of fused-ring (bicyclic) bond motifs is 1. The van der Waals surface area contributed by atoms with Crippen LogP contribution in [-0.2, 0) is 12.6 Å². The van der Waals surface area contributed by atoms with Crippen molar-refractivity contribution in [1.29, 1.82) is 0 Å². The van der Waals surface area contributed by atoms with Crippen molar-refractivity contribution in [3.8, 4) is 5.69 Å². The Balaban J connectivity index is 1.88. The molecule has 1 saturated carbocycles. The summed E-state index contributed by atoms with van der Waals surface area (Å²) in [6.07, 6.45) is 1.23. The molecule has 1 atom stereocenters. The predicted octanol–water partition coefficient (Wildman–Crippen LogP) is 6.03. The average Bonchev–Trinajstić information content (AvgIpc) is 3.31. The molecule has 0 radical (unpaired) electrons.